The highest BCUT2D eigenvalue weighted by Gasteiger charge is 2.07. The van der Waals surface area contributed by atoms with E-state index in [0.29, 0.717) is 15.6 Å². The number of carbonyl (C=O) groups is 1. The molecule has 0 heterocycles. The van der Waals surface area contributed by atoms with E-state index in [-0.39, 0.29) is 5.78 Å². The lowest BCUT2D eigenvalue weighted by atomic mass is 10.1. The SMILES string of the molecule is CN(C)c1ccc(/C=C/C(=O)c2cc(Cl)ccc2Cl)cc1. The van der Waals surface area contributed by atoms with Crippen molar-refractivity contribution in [2.24, 2.45) is 0 Å². The molecule has 0 atom stereocenters. The van der Waals surface area contributed by atoms with Crippen LogP contribution in [0, 0.1) is 0 Å². The number of halogens is 2. The standard InChI is InChI=1S/C17H15Cl2NO/c1-20(2)14-7-3-12(4-8-14)5-10-17(21)15-11-13(18)6-9-16(15)19/h3-11H,1-2H3/b10-5+. The van der Waals surface area contributed by atoms with Crippen LogP contribution in [0.25, 0.3) is 6.08 Å². The first-order chi connectivity index (χ1) is 9.97. The number of carbonyl (C=O) groups excluding carboxylic acids is 1. The van der Waals surface area contributed by atoms with Gasteiger partial charge in [0.15, 0.2) is 5.78 Å². The Morgan fingerprint density at radius 1 is 1.05 bits per heavy atom. The van der Waals surface area contributed by atoms with Gasteiger partial charge < -0.3 is 4.90 Å². The third-order valence-electron chi connectivity index (χ3n) is 3.03. The lowest BCUT2D eigenvalue weighted by molar-refractivity contribution is 0.104. The molecule has 0 N–H and O–H groups in total. The maximum absolute atomic E-state index is 12.1. The molecule has 0 aliphatic rings. The molecule has 108 valence electrons. The van der Waals surface area contributed by atoms with Gasteiger partial charge in [0.2, 0.25) is 0 Å². The summed E-state index contributed by atoms with van der Waals surface area (Å²) in [6.07, 6.45) is 3.27. The molecule has 0 aliphatic heterocycles. The number of rotatable bonds is 4. The fourth-order valence-corrected chi connectivity index (χ4v) is 2.21. The monoisotopic (exact) mass is 319 g/mol. The minimum absolute atomic E-state index is 0.167. The van der Waals surface area contributed by atoms with Gasteiger partial charge in [-0.2, -0.15) is 0 Å². The number of hydrogen-bond donors (Lipinski definition) is 0. The fourth-order valence-electron chi connectivity index (χ4n) is 1.83. The molecule has 2 nitrogen and oxygen atoms in total. The van der Waals surface area contributed by atoms with Crippen molar-refractivity contribution in [2.75, 3.05) is 19.0 Å². The van der Waals surface area contributed by atoms with Crippen LogP contribution < -0.4 is 4.90 Å². The highest BCUT2D eigenvalue weighted by molar-refractivity contribution is 6.36. The second-order valence-corrected chi connectivity index (χ2v) is 5.65. The van der Waals surface area contributed by atoms with Gasteiger partial charge in [-0.1, -0.05) is 41.4 Å². The van der Waals surface area contributed by atoms with E-state index in [1.165, 1.54) is 6.08 Å². The van der Waals surface area contributed by atoms with Crippen LogP contribution in [0.3, 0.4) is 0 Å². The summed E-state index contributed by atoms with van der Waals surface area (Å²) in [6.45, 7) is 0. The zero-order valence-electron chi connectivity index (χ0n) is 11.8. The number of ketones is 1. The van der Waals surface area contributed by atoms with Crippen molar-refractivity contribution in [1.82, 2.24) is 0 Å². The highest BCUT2D eigenvalue weighted by Crippen LogP contribution is 2.22. The molecule has 0 saturated carbocycles. The van der Waals surface area contributed by atoms with E-state index in [4.69, 9.17) is 23.2 Å². The van der Waals surface area contributed by atoms with Crippen molar-refractivity contribution >= 4 is 40.7 Å². The van der Waals surface area contributed by atoms with E-state index in [2.05, 4.69) is 0 Å². The Bertz CT molecular complexity index is 676. The number of nitrogens with zero attached hydrogens (tertiary/aromatic N) is 1. The Morgan fingerprint density at radius 2 is 1.71 bits per heavy atom. The minimum atomic E-state index is -0.167. The summed E-state index contributed by atoms with van der Waals surface area (Å²) in [5, 5.41) is 0.892. The predicted octanol–water partition coefficient (Wildman–Crippen LogP) is 4.96. The zero-order chi connectivity index (χ0) is 15.4. The Morgan fingerprint density at radius 3 is 2.33 bits per heavy atom. The van der Waals surface area contributed by atoms with Crippen LogP contribution in [0.15, 0.2) is 48.5 Å². The summed E-state index contributed by atoms with van der Waals surface area (Å²) < 4.78 is 0. The number of anilines is 1. The van der Waals surface area contributed by atoms with Crippen LogP contribution >= 0.6 is 23.2 Å². The molecule has 2 aromatic rings. The Hall–Kier alpha value is -1.77. The van der Waals surface area contributed by atoms with Gasteiger partial charge in [-0.25, -0.2) is 0 Å². The third-order valence-corrected chi connectivity index (χ3v) is 3.60. The number of hydrogen-bond acceptors (Lipinski definition) is 2. The van der Waals surface area contributed by atoms with Gasteiger partial charge in [0.25, 0.3) is 0 Å². The predicted molar refractivity (Wildman–Crippen MR) is 90.6 cm³/mol. The Kier molecular flexibility index (Phi) is 5.05. The molecular formula is C17H15Cl2NO. The summed E-state index contributed by atoms with van der Waals surface area (Å²) in [5.41, 5.74) is 2.47. The largest absolute Gasteiger partial charge is 0.378 e. The first-order valence-corrected chi connectivity index (χ1v) is 7.18. The van der Waals surface area contributed by atoms with E-state index in [1.807, 2.05) is 43.3 Å². The van der Waals surface area contributed by atoms with Gasteiger partial charge >= 0.3 is 0 Å². The lowest BCUT2D eigenvalue weighted by Crippen LogP contribution is -2.07. The quantitative estimate of drug-likeness (QED) is 0.586. The summed E-state index contributed by atoms with van der Waals surface area (Å²) in [4.78, 5) is 14.1. The summed E-state index contributed by atoms with van der Waals surface area (Å²) >= 11 is 11.9. The van der Waals surface area contributed by atoms with Crippen molar-refractivity contribution in [3.63, 3.8) is 0 Å². The molecule has 0 unspecified atom stereocenters. The molecule has 0 radical (unpaired) electrons. The first kappa shape index (κ1) is 15.6. The van der Waals surface area contributed by atoms with Crippen molar-refractivity contribution in [3.05, 3.63) is 69.7 Å². The lowest BCUT2D eigenvalue weighted by Gasteiger charge is -2.11. The Labute approximate surface area is 134 Å². The Balaban J connectivity index is 2.16. The van der Waals surface area contributed by atoms with Crippen molar-refractivity contribution in [3.8, 4) is 0 Å². The minimum Gasteiger partial charge on any atom is -0.378 e. The van der Waals surface area contributed by atoms with Crippen LogP contribution in [-0.2, 0) is 0 Å². The maximum atomic E-state index is 12.1. The summed E-state index contributed by atoms with van der Waals surface area (Å²) in [7, 11) is 3.96. The summed E-state index contributed by atoms with van der Waals surface area (Å²) in [5.74, 6) is -0.167. The van der Waals surface area contributed by atoms with Crippen LogP contribution in [0.2, 0.25) is 10.0 Å². The molecule has 2 aromatic carbocycles. The number of benzene rings is 2. The summed E-state index contributed by atoms with van der Waals surface area (Å²) in [6, 6.07) is 12.8. The van der Waals surface area contributed by atoms with E-state index in [0.717, 1.165) is 11.3 Å². The van der Waals surface area contributed by atoms with Gasteiger partial charge in [0, 0.05) is 30.4 Å². The normalized spacial score (nSPS) is 10.9. The number of allylic oxidation sites excluding steroid dienone is 1. The molecule has 0 aliphatic carbocycles. The van der Waals surface area contributed by atoms with Gasteiger partial charge in [-0.05, 0) is 42.0 Å². The average Bonchev–Trinajstić information content (AvgIpc) is 2.47. The van der Waals surface area contributed by atoms with Gasteiger partial charge in [-0.3, -0.25) is 4.79 Å². The average molecular weight is 320 g/mol. The molecule has 0 amide bonds. The molecular weight excluding hydrogens is 305 g/mol. The van der Waals surface area contributed by atoms with Crippen LogP contribution in [0.5, 0.6) is 0 Å². The molecule has 0 aromatic heterocycles. The van der Waals surface area contributed by atoms with Crippen LogP contribution in [-0.4, -0.2) is 19.9 Å². The fraction of sp³-hybridized carbons (Fsp3) is 0.118. The van der Waals surface area contributed by atoms with Crippen molar-refractivity contribution in [2.45, 2.75) is 0 Å². The van der Waals surface area contributed by atoms with Gasteiger partial charge in [0.05, 0.1) is 5.02 Å². The van der Waals surface area contributed by atoms with E-state index < -0.39 is 0 Å². The van der Waals surface area contributed by atoms with Crippen LogP contribution in [0.1, 0.15) is 15.9 Å². The topological polar surface area (TPSA) is 20.3 Å². The zero-order valence-corrected chi connectivity index (χ0v) is 13.3. The second kappa shape index (κ2) is 6.79. The van der Waals surface area contributed by atoms with Gasteiger partial charge in [0.1, 0.15) is 0 Å². The second-order valence-electron chi connectivity index (χ2n) is 4.81. The highest BCUT2D eigenvalue weighted by atomic mass is 35.5. The smallest absolute Gasteiger partial charge is 0.187 e. The van der Waals surface area contributed by atoms with E-state index in [9.17, 15) is 4.79 Å². The molecule has 0 bridgehead atoms. The van der Waals surface area contributed by atoms with Gasteiger partial charge in [-0.15, -0.1) is 0 Å². The van der Waals surface area contributed by atoms with E-state index >= 15 is 0 Å². The van der Waals surface area contributed by atoms with Crippen molar-refractivity contribution < 1.29 is 4.79 Å². The van der Waals surface area contributed by atoms with Crippen LogP contribution in [0.4, 0.5) is 5.69 Å². The molecule has 2 rings (SSSR count). The van der Waals surface area contributed by atoms with E-state index in [1.54, 1.807) is 24.3 Å². The van der Waals surface area contributed by atoms with Crippen molar-refractivity contribution in [1.29, 1.82) is 0 Å². The first-order valence-electron chi connectivity index (χ1n) is 6.42. The third kappa shape index (κ3) is 4.10. The molecule has 0 fully saturated rings. The molecule has 0 saturated heterocycles. The molecule has 0 spiro atoms. The molecule has 21 heavy (non-hydrogen) atoms. The molecule has 4 heteroatoms. The maximum Gasteiger partial charge on any atom is 0.187 e.